The smallest absolute Gasteiger partial charge is 0.317 e. The summed E-state index contributed by atoms with van der Waals surface area (Å²) in [5.41, 5.74) is 1.32. The van der Waals surface area contributed by atoms with Crippen LogP contribution in [-0.4, -0.2) is 50.8 Å². The third-order valence-corrected chi connectivity index (χ3v) is 3.15. The number of halogens is 1. The summed E-state index contributed by atoms with van der Waals surface area (Å²) in [5.74, 6) is -0.617. The van der Waals surface area contributed by atoms with Crippen LogP contribution < -0.4 is 0 Å². The molecule has 0 radical (unpaired) electrons. The average molecular weight is 295 g/mol. The van der Waals surface area contributed by atoms with Crippen molar-refractivity contribution in [2.24, 2.45) is 0 Å². The highest BCUT2D eigenvalue weighted by molar-refractivity contribution is 5.76. The molecule has 0 saturated carbocycles. The van der Waals surface area contributed by atoms with E-state index in [0.717, 1.165) is 5.52 Å². The molecule has 2 rings (SSSR count). The highest BCUT2D eigenvalue weighted by atomic mass is 19.1. The van der Waals surface area contributed by atoms with E-state index in [9.17, 15) is 9.18 Å². The van der Waals surface area contributed by atoms with Gasteiger partial charge in [0.15, 0.2) is 0 Å². The molecule has 1 aromatic carbocycles. The van der Waals surface area contributed by atoms with Crippen LogP contribution in [-0.2, 0) is 17.9 Å². The molecule has 0 aliphatic rings. The maximum absolute atomic E-state index is 13.3. The van der Waals surface area contributed by atoms with Crippen LogP contribution in [0, 0.1) is 5.82 Å². The normalized spacial score (nSPS) is 11.4. The van der Waals surface area contributed by atoms with Crippen LogP contribution in [0.5, 0.6) is 0 Å². The minimum atomic E-state index is -0.915. The summed E-state index contributed by atoms with van der Waals surface area (Å²) >= 11 is 0. The first kappa shape index (κ1) is 15.4. The summed E-state index contributed by atoms with van der Waals surface area (Å²) in [4.78, 5) is 16.7. The number of nitrogens with zero attached hydrogens (tertiary/aromatic N) is 3. The molecule has 0 unspecified atom stereocenters. The van der Waals surface area contributed by atoms with Gasteiger partial charge in [0.2, 0.25) is 0 Å². The quantitative estimate of drug-likeness (QED) is 0.799. The number of hydrogen-bond acceptors (Lipinski definition) is 4. The Morgan fingerprint density at radius 3 is 2.90 bits per heavy atom. The van der Waals surface area contributed by atoms with Gasteiger partial charge < -0.3 is 14.8 Å². The van der Waals surface area contributed by atoms with E-state index >= 15 is 0 Å². The van der Waals surface area contributed by atoms with Crippen molar-refractivity contribution in [1.29, 1.82) is 0 Å². The van der Waals surface area contributed by atoms with Crippen molar-refractivity contribution in [3.05, 3.63) is 29.8 Å². The van der Waals surface area contributed by atoms with Gasteiger partial charge in [0.25, 0.3) is 0 Å². The summed E-state index contributed by atoms with van der Waals surface area (Å²) < 4.78 is 15.2. The number of aliphatic carboxylic acids is 1. The summed E-state index contributed by atoms with van der Waals surface area (Å²) in [6, 6.07) is 4.37. The van der Waals surface area contributed by atoms with Gasteiger partial charge in [-0.1, -0.05) is 0 Å². The highest BCUT2D eigenvalue weighted by Crippen LogP contribution is 2.19. The summed E-state index contributed by atoms with van der Waals surface area (Å²) in [6.07, 6.45) is 0.554. The van der Waals surface area contributed by atoms with Gasteiger partial charge in [-0.05, 0) is 25.6 Å². The summed E-state index contributed by atoms with van der Waals surface area (Å²) in [5, 5.41) is 17.8. The van der Waals surface area contributed by atoms with Crippen LogP contribution in [0.15, 0.2) is 18.2 Å². The Kier molecular flexibility index (Phi) is 4.87. The molecule has 21 heavy (non-hydrogen) atoms. The number of hydrogen-bond donors (Lipinski definition) is 2. The largest absolute Gasteiger partial charge is 0.480 e. The van der Waals surface area contributed by atoms with Crippen LogP contribution in [0.2, 0.25) is 0 Å². The first-order valence-electron chi connectivity index (χ1n) is 6.67. The van der Waals surface area contributed by atoms with Crippen LogP contribution in [0.25, 0.3) is 11.0 Å². The number of carboxylic acids is 1. The molecule has 114 valence electrons. The maximum atomic E-state index is 13.3. The topological polar surface area (TPSA) is 78.6 Å². The van der Waals surface area contributed by atoms with E-state index in [1.807, 2.05) is 4.57 Å². The second-order valence-corrected chi connectivity index (χ2v) is 4.96. The molecule has 1 aromatic heterocycles. The van der Waals surface area contributed by atoms with E-state index in [-0.39, 0.29) is 19.0 Å². The fourth-order valence-electron chi connectivity index (χ4n) is 2.28. The average Bonchev–Trinajstić information content (AvgIpc) is 2.71. The number of rotatable bonds is 7. The number of carbonyl (C=O) groups is 1. The molecule has 0 atom stereocenters. The third-order valence-electron chi connectivity index (χ3n) is 3.15. The number of aliphatic hydroxyl groups excluding tert-OH is 1. The number of benzene rings is 1. The van der Waals surface area contributed by atoms with Crippen LogP contribution >= 0.6 is 0 Å². The molecule has 0 spiro atoms. The van der Waals surface area contributed by atoms with Gasteiger partial charge >= 0.3 is 5.97 Å². The van der Waals surface area contributed by atoms with Crippen LogP contribution in [0.1, 0.15) is 12.2 Å². The zero-order chi connectivity index (χ0) is 15.4. The molecule has 0 bridgehead atoms. The van der Waals surface area contributed by atoms with Crippen molar-refractivity contribution >= 4 is 17.0 Å². The van der Waals surface area contributed by atoms with Gasteiger partial charge in [-0.15, -0.1) is 0 Å². The third kappa shape index (κ3) is 3.77. The van der Waals surface area contributed by atoms with Gasteiger partial charge in [-0.25, -0.2) is 9.37 Å². The van der Waals surface area contributed by atoms with E-state index < -0.39 is 5.97 Å². The van der Waals surface area contributed by atoms with Gasteiger partial charge in [0.05, 0.1) is 24.1 Å². The zero-order valence-electron chi connectivity index (χ0n) is 11.8. The lowest BCUT2D eigenvalue weighted by molar-refractivity contribution is -0.138. The molecular formula is C14H18FN3O3. The first-order valence-corrected chi connectivity index (χ1v) is 6.67. The minimum Gasteiger partial charge on any atom is -0.480 e. The van der Waals surface area contributed by atoms with Gasteiger partial charge in [-0.3, -0.25) is 9.69 Å². The van der Waals surface area contributed by atoms with Crippen LogP contribution in [0.3, 0.4) is 0 Å². The molecule has 6 nitrogen and oxygen atoms in total. The Labute approximate surface area is 121 Å². The monoisotopic (exact) mass is 295 g/mol. The van der Waals surface area contributed by atoms with Gasteiger partial charge in [-0.2, -0.15) is 0 Å². The molecule has 0 aliphatic carbocycles. The van der Waals surface area contributed by atoms with Crippen molar-refractivity contribution in [2.45, 2.75) is 19.5 Å². The molecule has 2 aromatic rings. The molecule has 0 aliphatic heterocycles. The number of imidazole rings is 1. The van der Waals surface area contributed by atoms with E-state index in [0.29, 0.717) is 30.9 Å². The minimum absolute atomic E-state index is 0.0469. The van der Waals surface area contributed by atoms with E-state index in [4.69, 9.17) is 10.2 Å². The number of fused-ring (bicyclic) bond motifs is 1. The molecule has 2 N–H and O–H groups in total. The molecule has 1 heterocycles. The number of carboxylic acid groups (broad SMARTS) is 1. The first-order chi connectivity index (χ1) is 10.0. The summed E-state index contributed by atoms with van der Waals surface area (Å²) in [7, 11) is 1.68. The Bertz CT molecular complexity index is 642. The fourth-order valence-corrected chi connectivity index (χ4v) is 2.28. The Balaban J connectivity index is 2.33. The molecule has 7 heteroatoms. The van der Waals surface area contributed by atoms with Crippen molar-refractivity contribution < 1.29 is 19.4 Å². The van der Waals surface area contributed by atoms with Gasteiger partial charge in [0.1, 0.15) is 11.6 Å². The highest BCUT2D eigenvalue weighted by Gasteiger charge is 2.14. The van der Waals surface area contributed by atoms with E-state index in [1.165, 1.54) is 12.1 Å². The number of aliphatic hydroxyl groups is 1. The molecule has 0 saturated heterocycles. The fraction of sp³-hybridized carbons (Fsp3) is 0.429. The van der Waals surface area contributed by atoms with Crippen molar-refractivity contribution in [1.82, 2.24) is 14.5 Å². The van der Waals surface area contributed by atoms with E-state index in [1.54, 1.807) is 18.0 Å². The Morgan fingerprint density at radius 2 is 2.24 bits per heavy atom. The standard InChI is InChI=1S/C14H18FN3O3/c1-17(9-14(20)21)8-13-16-11-7-10(15)3-4-12(11)18(13)5-2-6-19/h3-4,7,19H,2,5-6,8-9H2,1H3,(H,20,21). The van der Waals surface area contributed by atoms with Crippen molar-refractivity contribution in [3.8, 4) is 0 Å². The van der Waals surface area contributed by atoms with Crippen molar-refractivity contribution in [3.63, 3.8) is 0 Å². The Morgan fingerprint density at radius 1 is 1.48 bits per heavy atom. The van der Waals surface area contributed by atoms with E-state index in [2.05, 4.69) is 4.98 Å². The number of likely N-dealkylation sites (N-methyl/N-ethyl adjacent to an activating group) is 1. The SMILES string of the molecule is CN(CC(=O)O)Cc1nc2cc(F)ccc2n1CCCO. The summed E-state index contributed by atoms with van der Waals surface area (Å²) in [6.45, 7) is 0.839. The maximum Gasteiger partial charge on any atom is 0.317 e. The molecular weight excluding hydrogens is 277 g/mol. The molecule has 0 fully saturated rings. The van der Waals surface area contributed by atoms with Crippen LogP contribution in [0.4, 0.5) is 4.39 Å². The molecule has 0 amide bonds. The lowest BCUT2D eigenvalue weighted by Gasteiger charge is -2.15. The zero-order valence-corrected chi connectivity index (χ0v) is 11.8. The van der Waals surface area contributed by atoms with Gasteiger partial charge in [0, 0.05) is 19.2 Å². The lowest BCUT2D eigenvalue weighted by Crippen LogP contribution is -2.26. The second kappa shape index (κ2) is 6.64. The number of aryl methyl sites for hydroxylation is 1. The van der Waals surface area contributed by atoms with Crippen molar-refractivity contribution in [2.75, 3.05) is 20.2 Å². The lowest BCUT2D eigenvalue weighted by atomic mass is 10.3. The predicted octanol–water partition coefficient (Wildman–Crippen LogP) is 1.07. The predicted molar refractivity (Wildman–Crippen MR) is 75.4 cm³/mol. The Hall–Kier alpha value is -1.99. The number of aromatic nitrogens is 2. The second-order valence-electron chi connectivity index (χ2n) is 4.96.